The van der Waals surface area contributed by atoms with E-state index in [4.69, 9.17) is 4.74 Å². The molecular weight excluding hydrogens is 338 g/mol. The molecule has 1 unspecified atom stereocenters. The summed E-state index contributed by atoms with van der Waals surface area (Å²) in [5.41, 5.74) is 5.70. The zero-order valence-electron chi connectivity index (χ0n) is 16.0. The second-order valence-electron chi connectivity index (χ2n) is 8.00. The molecule has 142 valence electrons. The number of hydrogen-bond donors (Lipinski definition) is 2. The number of hydrogen-bond acceptors (Lipinski definition) is 3. The summed E-state index contributed by atoms with van der Waals surface area (Å²) in [6, 6.07) is 12.4. The summed E-state index contributed by atoms with van der Waals surface area (Å²) in [6.45, 7) is 4.82. The number of aryl methyl sites for hydroxylation is 2. The number of rotatable bonds is 5. The lowest BCUT2D eigenvalue weighted by Gasteiger charge is -2.38. The molecule has 27 heavy (non-hydrogen) atoms. The molecule has 4 heteroatoms. The third-order valence-corrected chi connectivity index (χ3v) is 5.87. The molecule has 1 saturated carbocycles. The zero-order chi connectivity index (χ0) is 19.0. The van der Waals surface area contributed by atoms with Crippen LogP contribution in [0.3, 0.4) is 0 Å². The minimum absolute atomic E-state index is 0.0341. The molecule has 4 rings (SSSR count). The second kappa shape index (κ2) is 7.35. The number of carbonyl (C=O) groups is 1. The van der Waals surface area contributed by atoms with Gasteiger partial charge in [-0.15, -0.1) is 0 Å². The van der Waals surface area contributed by atoms with Crippen LogP contribution >= 0.6 is 0 Å². The Morgan fingerprint density at radius 1 is 1.22 bits per heavy atom. The van der Waals surface area contributed by atoms with E-state index >= 15 is 0 Å². The van der Waals surface area contributed by atoms with Crippen molar-refractivity contribution in [2.75, 3.05) is 6.61 Å². The molecule has 2 aromatic rings. The Bertz CT molecular complexity index is 855. The number of benzene rings is 2. The van der Waals surface area contributed by atoms with Gasteiger partial charge in [0.25, 0.3) is 0 Å². The van der Waals surface area contributed by atoms with Gasteiger partial charge in [0.15, 0.2) is 0 Å². The molecule has 1 fully saturated rings. The summed E-state index contributed by atoms with van der Waals surface area (Å²) >= 11 is 0. The first kappa shape index (κ1) is 18.1. The summed E-state index contributed by atoms with van der Waals surface area (Å²) in [5, 5.41) is 13.0. The van der Waals surface area contributed by atoms with E-state index in [-0.39, 0.29) is 24.0 Å². The van der Waals surface area contributed by atoms with Gasteiger partial charge >= 0.3 is 0 Å². The maximum absolute atomic E-state index is 12.8. The maximum Gasteiger partial charge on any atom is 0.224 e. The molecule has 1 amide bonds. The molecule has 4 nitrogen and oxygen atoms in total. The van der Waals surface area contributed by atoms with Crippen LogP contribution in [-0.4, -0.2) is 23.7 Å². The van der Waals surface area contributed by atoms with E-state index in [9.17, 15) is 9.90 Å². The molecule has 1 heterocycles. The molecule has 2 aliphatic rings. The molecule has 1 aliphatic carbocycles. The predicted octanol–water partition coefficient (Wildman–Crippen LogP) is 3.41. The minimum Gasteiger partial charge on any atom is -0.493 e. The molecule has 0 radical (unpaired) electrons. The molecule has 2 N–H and O–H groups in total. The quantitative estimate of drug-likeness (QED) is 0.854. The lowest BCUT2D eigenvalue weighted by molar-refractivity contribution is -0.122. The fraction of sp³-hybridized carbons (Fsp3) is 0.435. The second-order valence-corrected chi connectivity index (χ2v) is 8.00. The fourth-order valence-corrected chi connectivity index (χ4v) is 4.16. The van der Waals surface area contributed by atoms with Crippen molar-refractivity contribution in [2.45, 2.75) is 51.7 Å². The summed E-state index contributed by atoms with van der Waals surface area (Å²) in [7, 11) is 0. The highest BCUT2D eigenvalue weighted by Gasteiger charge is 2.36. The van der Waals surface area contributed by atoms with E-state index in [1.807, 2.05) is 19.9 Å². The third-order valence-electron chi connectivity index (χ3n) is 5.87. The molecule has 1 atom stereocenters. The van der Waals surface area contributed by atoms with Crippen molar-refractivity contribution in [3.63, 3.8) is 0 Å². The van der Waals surface area contributed by atoms with Gasteiger partial charge in [-0.3, -0.25) is 4.79 Å². The number of amides is 1. The molecule has 0 bridgehead atoms. The van der Waals surface area contributed by atoms with Crippen LogP contribution in [0.1, 0.15) is 46.7 Å². The first-order valence-electron chi connectivity index (χ1n) is 9.79. The van der Waals surface area contributed by atoms with Crippen LogP contribution in [0.25, 0.3) is 0 Å². The van der Waals surface area contributed by atoms with Gasteiger partial charge in [0, 0.05) is 6.42 Å². The average molecular weight is 365 g/mol. The van der Waals surface area contributed by atoms with E-state index in [1.165, 1.54) is 11.1 Å². The Kier molecular flexibility index (Phi) is 4.92. The molecule has 1 aliphatic heterocycles. The van der Waals surface area contributed by atoms with Gasteiger partial charge in [-0.05, 0) is 67.0 Å². The normalized spacial score (nSPS) is 21.7. The topological polar surface area (TPSA) is 58.6 Å². The van der Waals surface area contributed by atoms with E-state index in [0.29, 0.717) is 6.42 Å². The van der Waals surface area contributed by atoms with Crippen molar-refractivity contribution in [1.29, 1.82) is 0 Å². The van der Waals surface area contributed by atoms with Crippen molar-refractivity contribution in [3.8, 4) is 5.75 Å². The largest absolute Gasteiger partial charge is 0.493 e. The van der Waals surface area contributed by atoms with Gasteiger partial charge in [0.05, 0.1) is 25.2 Å². The molecule has 0 aromatic heterocycles. The standard InChI is InChI=1S/C23H27NO3/c1-14-3-4-15(2)18(9-14)13-22(26)24-23(19-11-20(25)12-19)17-5-6-21-16(10-17)7-8-27-21/h3-6,9-10,19-20,23,25H,7-8,11-13H2,1-2H3,(H,24,26). The van der Waals surface area contributed by atoms with E-state index in [0.717, 1.165) is 48.3 Å². The van der Waals surface area contributed by atoms with Crippen LogP contribution in [0.5, 0.6) is 5.75 Å². The first-order valence-corrected chi connectivity index (χ1v) is 9.79. The van der Waals surface area contributed by atoms with E-state index in [2.05, 4.69) is 35.6 Å². The van der Waals surface area contributed by atoms with Crippen LogP contribution in [-0.2, 0) is 17.6 Å². The van der Waals surface area contributed by atoms with Gasteiger partial charge in [-0.2, -0.15) is 0 Å². The first-order chi connectivity index (χ1) is 13.0. The minimum atomic E-state index is -0.244. The summed E-state index contributed by atoms with van der Waals surface area (Å²) < 4.78 is 5.61. The van der Waals surface area contributed by atoms with Crippen molar-refractivity contribution in [1.82, 2.24) is 5.32 Å². The van der Waals surface area contributed by atoms with E-state index < -0.39 is 0 Å². The predicted molar refractivity (Wildman–Crippen MR) is 105 cm³/mol. The van der Waals surface area contributed by atoms with Crippen molar-refractivity contribution >= 4 is 5.91 Å². The third kappa shape index (κ3) is 3.86. The lowest BCUT2D eigenvalue weighted by atomic mass is 9.74. The number of fused-ring (bicyclic) bond motifs is 1. The van der Waals surface area contributed by atoms with Crippen molar-refractivity contribution in [3.05, 3.63) is 64.2 Å². The maximum atomic E-state index is 12.8. The van der Waals surface area contributed by atoms with Gasteiger partial charge in [0.1, 0.15) is 5.75 Å². The van der Waals surface area contributed by atoms with Crippen LogP contribution in [0.4, 0.5) is 0 Å². The number of ether oxygens (including phenoxy) is 1. The van der Waals surface area contributed by atoms with E-state index in [1.54, 1.807) is 0 Å². The molecular formula is C23H27NO3. The van der Waals surface area contributed by atoms with Gasteiger partial charge < -0.3 is 15.2 Å². The SMILES string of the molecule is Cc1ccc(C)c(CC(=O)NC(c2ccc3c(c2)CCO3)C2CC(O)C2)c1. The average Bonchev–Trinajstić information content (AvgIpc) is 3.08. The fourth-order valence-electron chi connectivity index (χ4n) is 4.16. The summed E-state index contributed by atoms with van der Waals surface area (Å²) in [6.07, 6.45) is 2.53. The number of aliphatic hydroxyl groups excluding tert-OH is 1. The highest BCUT2D eigenvalue weighted by Crippen LogP contribution is 2.39. The zero-order valence-corrected chi connectivity index (χ0v) is 16.0. The van der Waals surface area contributed by atoms with Gasteiger partial charge in [-0.1, -0.05) is 29.8 Å². The Hall–Kier alpha value is -2.33. The molecule has 2 aromatic carbocycles. The number of aliphatic hydroxyl groups is 1. The van der Waals surface area contributed by atoms with Crippen LogP contribution in [0, 0.1) is 19.8 Å². The van der Waals surface area contributed by atoms with Gasteiger partial charge in [0.2, 0.25) is 5.91 Å². The molecule has 0 spiro atoms. The van der Waals surface area contributed by atoms with Gasteiger partial charge in [-0.25, -0.2) is 0 Å². The lowest BCUT2D eigenvalue weighted by Crippen LogP contribution is -2.42. The van der Waals surface area contributed by atoms with Crippen molar-refractivity contribution in [2.24, 2.45) is 5.92 Å². The summed E-state index contributed by atoms with van der Waals surface area (Å²) in [5.74, 6) is 1.27. The Morgan fingerprint density at radius 3 is 2.81 bits per heavy atom. The van der Waals surface area contributed by atoms with Crippen LogP contribution in [0.15, 0.2) is 36.4 Å². The highest BCUT2D eigenvalue weighted by atomic mass is 16.5. The Balaban J connectivity index is 1.53. The monoisotopic (exact) mass is 365 g/mol. The van der Waals surface area contributed by atoms with Crippen LogP contribution < -0.4 is 10.1 Å². The smallest absolute Gasteiger partial charge is 0.224 e. The number of carbonyl (C=O) groups excluding carboxylic acids is 1. The molecule has 0 saturated heterocycles. The Labute approximate surface area is 160 Å². The summed E-state index contributed by atoms with van der Waals surface area (Å²) in [4.78, 5) is 12.8. The van der Waals surface area contributed by atoms with Crippen molar-refractivity contribution < 1.29 is 14.6 Å². The highest BCUT2D eigenvalue weighted by molar-refractivity contribution is 5.79. The number of nitrogens with one attached hydrogen (secondary N) is 1. The van der Waals surface area contributed by atoms with Crippen LogP contribution in [0.2, 0.25) is 0 Å². The Morgan fingerprint density at radius 2 is 2.04 bits per heavy atom.